The molecule has 2 aromatic rings. The van der Waals surface area contributed by atoms with Gasteiger partial charge in [0, 0.05) is 50.0 Å². The van der Waals surface area contributed by atoms with Gasteiger partial charge in [-0.3, -0.25) is 20.0 Å². The number of likely N-dealkylation sites (tertiary alicyclic amines) is 2. The maximum absolute atomic E-state index is 13.6. The Morgan fingerprint density at radius 2 is 1.76 bits per heavy atom. The van der Waals surface area contributed by atoms with E-state index in [0.717, 1.165) is 39.0 Å². The quantitative estimate of drug-likeness (QED) is 0.285. The lowest BCUT2D eigenvalue weighted by Crippen LogP contribution is -2.48. The Hall–Kier alpha value is -2.87. The first-order chi connectivity index (χ1) is 20.1. The van der Waals surface area contributed by atoms with Crippen molar-refractivity contribution in [1.82, 2.24) is 25.1 Å². The van der Waals surface area contributed by atoms with Crippen LogP contribution < -0.4 is 29.9 Å². The molecule has 4 heterocycles. The smallest absolute Gasteiger partial charge is 0.330 e. The van der Waals surface area contributed by atoms with Crippen molar-refractivity contribution >= 4 is 46.7 Å². The summed E-state index contributed by atoms with van der Waals surface area (Å²) in [5.41, 5.74) is 1.00. The number of rotatable bonds is 9. The van der Waals surface area contributed by atoms with Gasteiger partial charge in [0.2, 0.25) is 5.95 Å². The number of anilines is 3. The van der Waals surface area contributed by atoms with Crippen LogP contribution in [0.15, 0.2) is 24.9 Å². The van der Waals surface area contributed by atoms with Gasteiger partial charge in [-0.25, -0.2) is 9.78 Å². The Kier molecular flexibility index (Phi) is 9.31. The topological polar surface area (TPSA) is 119 Å². The molecule has 0 spiro atoms. The number of aromatic nitrogens is 2. The highest BCUT2D eigenvalue weighted by Gasteiger charge is 2.39. The molecule has 1 aromatic carbocycles. The molecule has 5 rings (SSSR count). The summed E-state index contributed by atoms with van der Waals surface area (Å²) in [5.74, 6) is 1.55. The van der Waals surface area contributed by atoms with E-state index in [9.17, 15) is 9.90 Å². The fourth-order valence-corrected chi connectivity index (χ4v) is 6.63. The van der Waals surface area contributed by atoms with Crippen molar-refractivity contribution in [2.75, 3.05) is 69.6 Å². The number of aliphatic hydroxyl groups excluding tert-OH is 1. The maximum atomic E-state index is 13.6. The number of nitrogens with zero attached hydrogens (tertiary/aromatic N) is 6. The van der Waals surface area contributed by atoms with E-state index < -0.39 is 6.23 Å². The summed E-state index contributed by atoms with van der Waals surface area (Å²) >= 11 is 13.2. The zero-order valence-electron chi connectivity index (χ0n) is 24.3. The Bertz CT molecular complexity index is 1300. The average Bonchev–Trinajstić information content (AvgIpc) is 3.37. The highest BCUT2D eigenvalue weighted by Crippen LogP contribution is 2.47. The van der Waals surface area contributed by atoms with Crippen LogP contribution in [0.3, 0.4) is 0 Å². The summed E-state index contributed by atoms with van der Waals surface area (Å²) in [6, 6.07) is 1.56. The van der Waals surface area contributed by atoms with Gasteiger partial charge in [0.25, 0.3) is 0 Å². The van der Waals surface area contributed by atoms with E-state index >= 15 is 0 Å². The Balaban J connectivity index is 1.38. The largest absolute Gasteiger partial charge is 0.495 e. The van der Waals surface area contributed by atoms with E-state index in [1.165, 1.54) is 30.1 Å². The van der Waals surface area contributed by atoms with E-state index in [1.807, 2.05) is 0 Å². The van der Waals surface area contributed by atoms with E-state index in [2.05, 4.69) is 39.0 Å². The van der Waals surface area contributed by atoms with Crippen molar-refractivity contribution in [2.45, 2.75) is 43.7 Å². The minimum Gasteiger partial charge on any atom is -0.495 e. The molecular formula is C28H38Cl2N8O4. The molecule has 2 amide bonds. The van der Waals surface area contributed by atoms with Crippen LogP contribution >= 0.6 is 23.2 Å². The van der Waals surface area contributed by atoms with Crippen LogP contribution in [-0.2, 0) is 6.54 Å². The van der Waals surface area contributed by atoms with Crippen molar-refractivity contribution in [3.8, 4) is 11.5 Å². The molecule has 2 saturated heterocycles. The van der Waals surface area contributed by atoms with Crippen molar-refractivity contribution in [1.29, 1.82) is 0 Å². The fraction of sp³-hybridized carbons (Fsp3) is 0.536. The second kappa shape index (κ2) is 12.8. The van der Waals surface area contributed by atoms with Crippen LogP contribution in [0.25, 0.3) is 0 Å². The highest BCUT2D eigenvalue weighted by atomic mass is 35.5. The van der Waals surface area contributed by atoms with Crippen molar-refractivity contribution in [2.24, 2.45) is 0 Å². The Labute approximate surface area is 256 Å². The fourth-order valence-electron chi connectivity index (χ4n) is 5.92. The Morgan fingerprint density at radius 3 is 2.38 bits per heavy atom. The number of halogens is 2. The second-order valence-corrected chi connectivity index (χ2v) is 11.7. The number of carbonyl (C=O) groups excluding carboxylic acids is 1. The maximum Gasteiger partial charge on any atom is 0.330 e. The number of benzene rings is 1. The first-order valence-electron chi connectivity index (χ1n) is 13.9. The number of piperidine rings is 1. The molecular weight excluding hydrogens is 583 g/mol. The monoisotopic (exact) mass is 620 g/mol. The number of urea groups is 1. The van der Waals surface area contributed by atoms with Gasteiger partial charge >= 0.3 is 6.03 Å². The third-order valence-electron chi connectivity index (χ3n) is 8.30. The molecule has 0 radical (unpaired) electrons. The lowest BCUT2D eigenvalue weighted by molar-refractivity contribution is 0.133. The van der Waals surface area contributed by atoms with Crippen molar-refractivity contribution in [3.05, 3.63) is 40.5 Å². The molecule has 3 unspecified atom stereocenters. The summed E-state index contributed by atoms with van der Waals surface area (Å²) in [6.45, 7) is 7.54. The van der Waals surface area contributed by atoms with Gasteiger partial charge in [0.15, 0.2) is 0 Å². The number of fused-ring (bicyclic) bond motifs is 1. The zero-order chi connectivity index (χ0) is 30.1. The summed E-state index contributed by atoms with van der Waals surface area (Å²) in [4.78, 5) is 30.7. The Morgan fingerprint density at radius 1 is 1.12 bits per heavy atom. The van der Waals surface area contributed by atoms with Crippen LogP contribution in [-0.4, -0.2) is 110 Å². The predicted octanol–water partition coefficient (Wildman–Crippen LogP) is 3.03. The van der Waals surface area contributed by atoms with Crippen LogP contribution in [0.5, 0.6) is 11.5 Å². The van der Waals surface area contributed by atoms with Crippen LogP contribution in [0.2, 0.25) is 10.0 Å². The molecule has 3 aliphatic heterocycles. The van der Waals surface area contributed by atoms with Gasteiger partial charge in [-0.1, -0.05) is 29.8 Å². The normalized spacial score (nSPS) is 22.7. The van der Waals surface area contributed by atoms with Gasteiger partial charge in [0.1, 0.15) is 33.6 Å². The number of nitrogens with one attached hydrogen (secondary N) is 2. The van der Waals surface area contributed by atoms with Crippen LogP contribution in [0.1, 0.15) is 18.4 Å². The molecule has 42 heavy (non-hydrogen) atoms. The van der Waals surface area contributed by atoms with E-state index in [-0.39, 0.29) is 40.4 Å². The van der Waals surface area contributed by atoms with Crippen molar-refractivity contribution < 1.29 is 19.4 Å². The van der Waals surface area contributed by atoms with Gasteiger partial charge in [-0.2, -0.15) is 4.98 Å². The predicted molar refractivity (Wildman–Crippen MR) is 164 cm³/mol. The van der Waals surface area contributed by atoms with E-state index in [4.69, 9.17) is 37.7 Å². The summed E-state index contributed by atoms with van der Waals surface area (Å²) in [7, 11) is 6.76. The molecule has 1 aromatic heterocycles. The molecule has 0 saturated carbocycles. The number of methoxy groups -OCH3 is 2. The second-order valence-electron chi connectivity index (χ2n) is 10.9. The first kappa shape index (κ1) is 30.6. The average molecular weight is 622 g/mol. The van der Waals surface area contributed by atoms with Gasteiger partial charge in [-0.05, 0) is 39.1 Å². The van der Waals surface area contributed by atoms with E-state index in [1.54, 1.807) is 19.3 Å². The number of carbonyl (C=O) groups is 1. The summed E-state index contributed by atoms with van der Waals surface area (Å²) in [6.07, 6.45) is 4.56. The molecule has 3 atom stereocenters. The standard InChI is InChI=1S/C28H38Cl2N8O4/c1-6-22(39)32-18-14-37(17-7-9-35(2)10-8-17)15-19(18)33-27-31-12-16-13-38(28(40)36(3)26(16)34-27)25-23(29)20(41-4)11-21(42-5)24(25)30/h6,11-12,17-19,22,32,39H,1,7-10,13-15H2,2-5H3,(H,31,33,34). The number of hydrogen-bond acceptors (Lipinski definition) is 10. The SMILES string of the molecule is C=CC(O)NC1CN(C2CCN(C)CC2)CC1Nc1ncc2c(n1)N(C)C(=O)N(c1c(Cl)c(OC)cc(OC)c1Cl)C2. The molecule has 228 valence electrons. The zero-order valence-corrected chi connectivity index (χ0v) is 25.8. The highest BCUT2D eigenvalue weighted by molar-refractivity contribution is 6.42. The lowest BCUT2D eigenvalue weighted by Gasteiger charge is -2.35. The molecule has 0 aliphatic carbocycles. The summed E-state index contributed by atoms with van der Waals surface area (Å²) < 4.78 is 10.8. The molecule has 3 aliphatic rings. The molecule has 3 N–H and O–H groups in total. The minimum atomic E-state index is -0.829. The third kappa shape index (κ3) is 5.97. The number of ether oxygens (including phenoxy) is 2. The molecule has 12 nitrogen and oxygen atoms in total. The van der Waals surface area contributed by atoms with Crippen LogP contribution in [0.4, 0.5) is 22.2 Å². The lowest BCUT2D eigenvalue weighted by atomic mass is 10.0. The third-order valence-corrected chi connectivity index (χ3v) is 9.03. The number of hydrogen-bond donors (Lipinski definition) is 3. The van der Waals surface area contributed by atoms with Gasteiger partial charge in [0.05, 0.1) is 32.5 Å². The van der Waals surface area contributed by atoms with Gasteiger partial charge < -0.3 is 24.8 Å². The number of aliphatic hydroxyl groups is 1. The van der Waals surface area contributed by atoms with Crippen molar-refractivity contribution in [3.63, 3.8) is 0 Å². The van der Waals surface area contributed by atoms with Gasteiger partial charge in [-0.15, -0.1) is 0 Å². The van der Waals surface area contributed by atoms with Crippen LogP contribution in [0, 0.1) is 0 Å². The first-order valence-corrected chi connectivity index (χ1v) is 14.7. The van der Waals surface area contributed by atoms with E-state index in [0.29, 0.717) is 34.9 Å². The summed E-state index contributed by atoms with van der Waals surface area (Å²) in [5, 5.41) is 17.4. The minimum absolute atomic E-state index is 0.0560. The molecule has 0 bridgehead atoms. The number of amides is 2. The molecule has 2 fully saturated rings. The molecule has 14 heteroatoms.